The van der Waals surface area contributed by atoms with Crippen LogP contribution >= 0.6 is 11.3 Å². The van der Waals surface area contributed by atoms with Crippen LogP contribution in [0.2, 0.25) is 0 Å². The maximum absolute atomic E-state index is 5.99. The molecule has 2 heterocycles. The van der Waals surface area contributed by atoms with E-state index in [0.29, 0.717) is 6.61 Å². The highest BCUT2D eigenvalue weighted by molar-refractivity contribution is 7.26. The maximum Gasteiger partial charge on any atom is 0.119 e. The van der Waals surface area contributed by atoms with Crippen molar-refractivity contribution in [2.45, 2.75) is 19.4 Å². The van der Waals surface area contributed by atoms with Gasteiger partial charge in [0.15, 0.2) is 0 Å². The zero-order valence-corrected chi connectivity index (χ0v) is 14.4. The van der Waals surface area contributed by atoms with Crippen LogP contribution in [-0.4, -0.2) is 12.2 Å². The van der Waals surface area contributed by atoms with E-state index >= 15 is 0 Å². The lowest BCUT2D eigenvalue weighted by molar-refractivity contribution is -0.0225. The van der Waals surface area contributed by atoms with Gasteiger partial charge in [0, 0.05) is 30.9 Å². The number of anilines is 1. The zero-order valence-electron chi connectivity index (χ0n) is 13.6. The molecule has 0 amide bonds. The Balaban J connectivity index is 1.86. The lowest BCUT2D eigenvalue weighted by Gasteiger charge is -2.20. The highest BCUT2D eigenvalue weighted by Gasteiger charge is 2.33. The summed E-state index contributed by atoms with van der Waals surface area (Å²) in [6, 6.07) is 19.2. The number of benzene rings is 3. The highest BCUT2D eigenvalue weighted by Crippen LogP contribution is 2.43. The largest absolute Gasteiger partial charge is 0.245 e. The summed E-state index contributed by atoms with van der Waals surface area (Å²) in [4.78, 5) is 11.8. The van der Waals surface area contributed by atoms with Gasteiger partial charge in [0.25, 0.3) is 0 Å². The van der Waals surface area contributed by atoms with Crippen molar-refractivity contribution in [2.75, 3.05) is 11.8 Å². The minimum Gasteiger partial charge on any atom is -0.245 e. The molecule has 0 saturated carbocycles. The van der Waals surface area contributed by atoms with Crippen LogP contribution in [0.5, 0.6) is 0 Å². The molecule has 1 saturated heterocycles. The number of thiophene rings is 1. The summed E-state index contributed by atoms with van der Waals surface area (Å²) in [7, 11) is 0. The summed E-state index contributed by atoms with van der Waals surface area (Å²) in [5, 5.41) is 6.51. The predicted octanol–water partition coefficient (Wildman–Crippen LogP) is 5.67. The lowest BCUT2D eigenvalue weighted by atomic mass is 10.0. The molecule has 3 aromatic carbocycles. The fourth-order valence-corrected chi connectivity index (χ4v) is 4.51. The van der Waals surface area contributed by atoms with E-state index in [1.807, 2.05) is 25.2 Å². The normalized spacial score (nSPS) is 17.3. The second-order valence-electron chi connectivity index (χ2n) is 6.80. The summed E-state index contributed by atoms with van der Waals surface area (Å²) in [6.45, 7) is 4.62. The van der Waals surface area contributed by atoms with Crippen LogP contribution in [-0.2, 0) is 9.68 Å². The van der Waals surface area contributed by atoms with Gasteiger partial charge in [-0.05, 0) is 26.0 Å². The quantitative estimate of drug-likeness (QED) is 0.447. The molecule has 1 aromatic heterocycles. The molecule has 0 N–H and O–H groups in total. The first kappa shape index (κ1) is 14.2. The van der Waals surface area contributed by atoms with E-state index in [0.717, 1.165) is 11.1 Å². The molecule has 0 spiro atoms. The van der Waals surface area contributed by atoms with Gasteiger partial charge in [-0.25, -0.2) is 9.68 Å². The van der Waals surface area contributed by atoms with Gasteiger partial charge in [0.05, 0.1) is 0 Å². The predicted molar refractivity (Wildman–Crippen MR) is 100 cm³/mol. The molecule has 0 radical (unpaired) electrons. The second-order valence-corrected chi connectivity index (χ2v) is 7.85. The third-order valence-electron chi connectivity index (χ3n) is 4.42. The monoisotopic (exact) mass is 335 g/mol. The van der Waals surface area contributed by atoms with Crippen LogP contribution in [0.4, 0.5) is 5.69 Å². The van der Waals surface area contributed by atoms with Crippen LogP contribution in [0.15, 0.2) is 54.6 Å². The molecule has 4 aromatic rings. The Morgan fingerprint density at radius 3 is 2.38 bits per heavy atom. The van der Waals surface area contributed by atoms with Crippen molar-refractivity contribution in [3.8, 4) is 0 Å². The van der Waals surface area contributed by atoms with E-state index in [9.17, 15) is 0 Å². The topological polar surface area (TPSA) is 21.7 Å². The molecule has 1 aliphatic rings. The van der Waals surface area contributed by atoms with Crippen molar-refractivity contribution in [1.29, 1.82) is 0 Å². The Labute approximate surface area is 143 Å². The Morgan fingerprint density at radius 1 is 0.917 bits per heavy atom. The third-order valence-corrected chi connectivity index (χ3v) is 5.64. The minimum atomic E-state index is -0.313. The first-order valence-corrected chi connectivity index (χ1v) is 8.89. The molecule has 3 nitrogen and oxygen atoms in total. The van der Waals surface area contributed by atoms with Gasteiger partial charge >= 0.3 is 0 Å². The average Bonchev–Trinajstić information content (AvgIpc) is 3.14. The van der Waals surface area contributed by atoms with Gasteiger partial charge in [-0.2, -0.15) is 0 Å². The van der Waals surface area contributed by atoms with Crippen LogP contribution in [0.25, 0.3) is 30.9 Å². The van der Waals surface area contributed by atoms with Crippen LogP contribution < -0.4 is 5.23 Å². The molecule has 1 aliphatic heterocycles. The number of hydrogen-bond acceptors (Lipinski definition) is 4. The average molecular weight is 335 g/mol. The van der Waals surface area contributed by atoms with E-state index in [2.05, 4.69) is 54.6 Å². The van der Waals surface area contributed by atoms with Crippen LogP contribution in [0, 0.1) is 0 Å². The van der Waals surface area contributed by atoms with E-state index in [1.54, 1.807) is 5.23 Å². The summed E-state index contributed by atoms with van der Waals surface area (Å²) < 4.78 is 2.62. The summed E-state index contributed by atoms with van der Waals surface area (Å²) in [5.41, 5.74) is 0.652. The molecule has 0 atom stereocenters. The Hall–Kier alpha value is -2.14. The maximum atomic E-state index is 5.99. The molecule has 5 rings (SSSR count). The van der Waals surface area contributed by atoms with Gasteiger partial charge in [-0.15, -0.1) is 16.6 Å². The van der Waals surface area contributed by atoms with Crippen LogP contribution in [0.1, 0.15) is 13.8 Å². The van der Waals surface area contributed by atoms with Crippen molar-refractivity contribution < 1.29 is 9.68 Å². The van der Waals surface area contributed by atoms with E-state index in [1.165, 1.54) is 25.6 Å². The van der Waals surface area contributed by atoms with E-state index < -0.39 is 0 Å². The van der Waals surface area contributed by atoms with E-state index in [-0.39, 0.29) is 5.60 Å². The summed E-state index contributed by atoms with van der Waals surface area (Å²) in [5.74, 6) is 0. The molecule has 0 bridgehead atoms. The van der Waals surface area contributed by atoms with Crippen molar-refractivity contribution in [3.05, 3.63) is 54.6 Å². The fraction of sp³-hybridized carbons (Fsp3) is 0.200. The van der Waals surface area contributed by atoms with Crippen molar-refractivity contribution in [3.63, 3.8) is 0 Å². The molecular formula is C20H17NO2S. The molecule has 0 aliphatic carbocycles. The van der Waals surface area contributed by atoms with Crippen molar-refractivity contribution >= 4 is 48.0 Å². The van der Waals surface area contributed by atoms with Crippen LogP contribution in [0.3, 0.4) is 0 Å². The lowest BCUT2D eigenvalue weighted by Crippen LogP contribution is -2.25. The smallest absolute Gasteiger partial charge is 0.119 e. The van der Waals surface area contributed by atoms with Crippen molar-refractivity contribution in [1.82, 2.24) is 0 Å². The number of hydrogen-bond donors (Lipinski definition) is 0. The van der Waals surface area contributed by atoms with Gasteiger partial charge in [-0.1, -0.05) is 42.5 Å². The Kier molecular flexibility index (Phi) is 2.92. The molecule has 0 unspecified atom stereocenters. The van der Waals surface area contributed by atoms with Gasteiger partial charge in [0.2, 0.25) is 0 Å². The van der Waals surface area contributed by atoms with Gasteiger partial charge in [-0.3, -0.25) is 0 Å². The van der Waals surface area contributed by atoms with Gasteiger partial charge < -0.3 is 0 Å². The first-order chi connectivity index (χ1) is 11.6. The molecule has 1 fully saturated rings. The summed E-state index contributed by atoms with van der Waals surface area (Å²) in [6.07, 6.45) is 0. The number of rotatable bonds is 1. The first-order valence-electron chi connectivity index (χ1n) is 8.08. The number of nitrogens with zero attached hydrogens (tertiary/aromatic N) is 1. The molecule has 120 valence electrons. The third kappa shape index (κ3) is 2.04. The zero-order chi connectivity index (χ0) is 16.3. The summed E-state index contributed by atoms with van der Waals surface area (Å²) >= 11 is 1.84. The van der Waals surface area contributed by atoms with Gasteiger partial charge in [0.1, 0.15) is 17.9 Å². The fourth-order valence-electron chi connectivity index (χ4n) is 3.29. The highest BCUT2D eigenvalue weighted by atomic mass is 32.1. The standard InChI is InChI=1S/C20H17NO2S/c1-20(2)12-22-21(23-20)17-11-16-14-8-5-6-10-18(14)24-19(16)15-9-4-3-7-13(15)17/h3-11H,12H2,1-2H3. The number of fused-ring (bicyclic) bond motifs is 5. The molecular weight excluding hydrogens is 318 g/mol. The second kappa shape index (κ2) is 4.93. The van der Waals surface area contributed by atoms with E-state index in [4.69, 9.17) is 9.68 Å². The SMILES string of the molecule is CC1(C)CON(c2cc3c4ccccc4sc3c3ccccc23)O1. The van der Waals surface area contributed by atoms with Crippen molar-refractivity contribution in [2.24, 2.45) is 0 Å². The minimum absolute atomic E-state index is 0.313. The molecule has 24 heavy (non-hydrogen) atoms. The Morgan fingerprint density at radius 2 is 1.62 bits per heavy atom. The Bertz CT molecular complexity index is 1080. The molecule has 4 heteroatoms.